The summed E-state index contributed by atoms with van der Waals surface area (Å²) in [6.07, 6.45) is 5.64. The minimum absolute atomic E-state index is 0. The van der Waals surface area contributed by atoms with E-state index in [0.717, 1.165) is 63.5 Å². The van der Waals surface area contributed by atoms with Crippen molar-refractivity contribution in [1.82, 2.24) is 20.2 Å². The van der Waals surface area contributed by atoms with E-state index in [2.05, 4.69) is 77.4 Å². The largest absolute Gasteiger partial charge is 0.462 e. The molecule has 1 N–H and O–H groups in total. The second-order valence-electron chi connectivity index (χ2n) is 11.0. The maximum absolute atomic E-state index is 6.31. The summed E-state index contributed by atoms with van der Waals surface area (Å²) < 4.78 is 6.31. The highest BCUT2D eigenvalue weighted by atomic mass is 35.5. The Morgan fingerprint density at radius 1 is 0.974 bits per heavy atom. The van der Waals surface area contributed by atoms with E-state index in [9.17, 15) is 0 Å². The number of nitrogens with zero attached hydrogens (tertiary/aromatic N) is 5. The summed E-state index contributed by atoms with van der Waals surface area (Å²) >= 11 is 0. The lowest BCUT2D eigenvalue weighted by Crippen LogP contribution is -2.43. The molecule has 4 heterocycles. The smallest absolute Gasteiger partial charge is 0.318 e. The molecule has 0 radical (unpaired) electrons. The van der Waals surface area contributed by atoms with Crippen LogP contribution in [0.4, 0.5) is 11.5 Å². The number of rotatable bonds is 6. The molecule has 0 aliphatic carbocycles. The van der Waals surface area contributed by atoms with E-state index in [1.165, 1.54) is 40.4 Å². The molecular formula is C30H41ClN6O. The topological polar surface area (TPSA) is 56.8 Å². The maximum Gasteiger partial charge on any atom is 0.318 e. The van der Waals surface area contributed by atoms with Crippen molar-refractivity contribution in [2.45, 2.75) is 57.7 Å². The number of hydrogen-bond donors (Lipinski definition) is 1. The van der Waals surface area contributed by atoms with E-state index < -0.39 is 0 Å². The van der Waals surface area contributed by atoms with Crippen LogP contribution in [0, 0.1) is 6.92 Å². The van der Waals surface area contributed by atoms with Gasteiger partial charge in [-0.05, 0) is 76.7 Å². The molecule has 3 aromatic rings. The Morgan fingerprint density at radius 2 is 1.76 bits per heavy atom. The molecule has 1 atom stereocenters. The molecule has 2 saturated heterocycles. The molecule has 0 bridgehead atoms. The van der Waals surface area contributed by atoms with Crippen LogP contribution in [0.25, 0.3) is 10.8 Å². The lowest BCUT2D eigenvalue weighted by atomic mass is 9.99. The summed E-state index contributed by atoms with van der Waals surface area (Å²) in [5.41, 5.74) is 5.04. The number of piperidine rings is 1. The number of anilines is 2. The summed E-state index contributed by atoms with van der Waals surface area (Å²) in [7, 11) is 4.26. The first kappa shape index (κ1) is 27.0. The Kier molecular flexibility index (Phi) is 8.26. The van der Waals surface area contributed by atoms with Crippen molar-refractivity contribution in [2.24, 2.45) is 0 Å². The van der Waals surface area contributed by atoms with E-state index >= 15 is 0 Å². The normalized spacial score (nSPS) is 20.4. The number of likely N-dealkylation sites (N-methyl/N-ethyl adjacent to an activating group) is 1. The zero-order chi connectivity index (χ0) is 25.4. The number of ether oxygens (including phenoxy) is 1. The van der Waals surface area contributed by atoms with Gasteiger partial charge in [0, 0.05) is 48.4 Å². The SMILES string of the molecule is CNC1CCN(c2nc(OC[C@@H]3CCCN3C)nc3c2CCN(c2cccc4cccc(C)c24)C3)CC1.Cl. The average molecular weight is 537 g/mol. The van der Waals surface area contributed by atoms with Crippen LogP contribution < -0.4 is 19.9 Å². The molecule has 2 fully saturated rings. The maximum atomic E-state index is 6.31. The molecular weight excluding hydrogens is 496 g/mol. The van der Waals surface area contributed by atoms with Gasteiger partial charge in [0.2, 0.25) is 0 Å². The van der Waals surface area contributed by atoms with E-state index in [-0.39, 0.29) is 12.4 Å². The quantitative estimate of drug-likeness (QED) is 0.494. The van der Waals surface area contributed by atoms with Crippen LogP contribution in [0.3, 0.4) is 0 Å². The molecule has 0 saturated carbocycles. The molecule has 0 unspecified atom stereocenters. The highest BCUT2D eigenvalue weighted by Crippen LogP contribution is 2.36. The average Bonchev–Trinajstić information content (AvgIpc) is 3.35. The lowest BCUT2D eigenvalue weighted by Gasteiger charge is -2.37. The third-order valence-corrected chi connectivity index (χ3v) is 8.73. The Hall–Kier alpha value is -2.61. The van der Waals surface area contributed by atoms with Crippen molar-refractivity contribution in [3.05, 3.63) is 53.2 Å². The molecule has 3 aliphatic heterocycles. The highest BCUT2D eigenvalue weighted by molar-refractivity contribution is 5.97. The van der Waals surface area contributed by atoms with Crippen LogP contribution in [-0.2, 0) is 13.0 Å². The number of likely N-dealkylation sites (tertiary alicyclic amines) is 1. The summed E-state index contributed by atoms with van der Waals surface area (Å²) in [6, 6.07) is 14.8. The second-order valence-corrected chi connectivity index (χ2v) is 11.0. The predicted molar refractivity (Wildman–Crippen MR) is 158 cm³/mol. The third-order valence-electron chi connectivity index (χ3n) is 8.73. The minimum atomic E-state index is 0. The number of halogens is 1. The van der Waals surface area contributed by atoms with Gasteiger partial charge in [0.15, 0.2) is 0 Å². The van der Waals surface area contributed by atoms with Crippen molar-refractivity contribution < 1.29 is 4.74 Å². The number of nitrogens with one attached hydrogen (secondary N) is 1. The van der Waals surface area contributed by atoms with Gasteiger partial charge in [-0.25, -0.2) is 0 Å². The monoisotopic (exact) mass is 536 g/mol. The number of fused-ring (bicyclic) bond motifs is 2. The fourth-order valence-electron chi connectivity index (χ4n) is 6.43. The van der Waals surface area contributed by atoms with Crippen molar-refractivity contribution in [3.8, 4) is 6.01 Å². The zero-order valence-electron chi connectivity index (χ0n) is 22.9. The van der Waals surface area contributed by atoms with Gasteiger partial charge < -0.3 is 24.8 Å². The van der Waals surface area contributed by atoms with Crippen molar-refractivity contribution >= 4 is 34.7 Å². The van der Waals surface area contributed by atoms with Crippen LogP contribution in [0.15, 0.2) is 36.4 Å². The second kappa shape index (κ2) is 11.6. The third kappa shape index (κ3) is 5.29. The first-order chi connectivity index (χ1) is 18.1. The van der Waals surface area contributed by atoms with Crippen LogP contribution >= 0.6 is 12.4 Å². The first-order valence-electron chi connectivity index (χ1n) is 14.0. The summed E-state index contributed by atoms with van der Waals surface area (Å²) in [6.45, 7) is 7.80. The molecule has 3 aliphatic rings. The van der Waals surface area contributed by atoms with E-state index in [4.69, 9.17) is 14.7 Å². The van der Waals surface area contributed by atoms with Gasteiger partial charge in [-0.2, -0.15) is 9.97 Å². The van der Waals surface area contributed by atoms with E-state index in [0.29, 0.717) is 24.7 Å². The van der Waals surface area contributed by atoms with Crippen molar-refractivity contribution in [3.63, 3.8) is 0 Å². The van der Waals surface area contributed by atoms with Gasteiger partial charge in [-0.3, -0.25) is 0 Å². The van der Waals surface area contributed by atoms with Crippen LogP contribution in [0.2, 0.25) is 0 Å². The van der Waals surface area contributed by atoms with E-state index in [1.54, 1.807) is 0 Å². The fourth-order valence-corrected chi connectivity index (χ4v) is 6.43. The number of aryl methyl sites for hydroxylation is 1. The Labute approximate surface area is 233 Å². The molecule has 204 valence electrons. The lowest BCUT2D eigenvalue weighted by molar-refractivity contribution is 0.187. The van der Waals surface area contributed by atoms with Crippen LogP contribution in [0.1, 0.15) is 42.5 Å². The van der Waals surface area contributed by atoms with Crippen molar-refractivity contribution in [2.75, 3.05) is 56.7 Å². The molecule has 7 nitrogen and oxygen atoms in total. The molecule has 38 heavy (non-hydrogen) atoms. The number of aromatic nitrogens is 2. The van der Waals surface area contributed by atoms with Gasteiger partial charge in [-0.1, -0.05) is 30.3 Å². The molecule has 0 spiro atoms. The first-order valence-corrected chi connectivity index (χ1v) is 14.0. The van der Waals surface area contributed by atoms with Gasteiger partial charge in [-0.15, -0.1) is 12.4 Å². The van der Waals surface area contributed by atoms with Crippen LogP contribution in [0.5, 0.6) is 6.01 Å². The zero-order valence-corrected chi connectivity index (χ0v) is 23.8. The molecule has 1 aromatic heterocycles. The van der Waals surface area contributed by atoms with Gasteiger partial charge in [0.1, 0.15) is 12.4 Å². The van der Waals surface area contributed by atoms with E-state index in [1.807, 2.05) is 0 Å². The predicted octanol–water partition coefficient (Wildman–Crippen LogP) is 4.58. The Morgan fingerprint density at radius 3 is 2.50 bits per heavy atom. The summed E-state index contributed by atoms with van der Waals surface area (Å²) in [5.74, 6) is 1.10. The Bertz CT molecular complexity index is 1260. The fraction of sp³-hybridized carbons (Fsp3) is 0.533. The Balaban J connectivity index is 0.00000294. The molecule has 6 rings (SSSR count). The van der Waals surface area contributed by atoms with Gasteiger partial charge in [0.25, 0.3) is 0 Å². The molecule has 0 amide bonds. The van der Waals surface area contributed by atoms with Crippen molar-refractivity contribution in [1.29, 1.82) is 0 Å². The van der Waals surface area contributed by atoms with Gasteiger partial charge >= 0.3 is 6.01 Å². The summed E-state index contributed by atoms with van der Waals surface area (Å²) in [4.78, 5) is 17.4. The standard InChI is InChI=1S/C30H40N6O.ClH/c1-21-7-4-8-22-9-5-11-27(28(21)22)36-18-14-25-26(19-36)32-30(37-20-24-10-6-15-34(24)3)33-29(25)35-16-12-23(31-2)13-17-35;/h4-5,7-9,11,23-24,31H,6,10,12-20H2,1-3H3;1H/t24-;/m0./s1. The summed E-state index contributed by atoms with van der Waals surface area (Å²) in [5, 5.41) is 6.09. The van der Waals surface area contributed by atoms with Gasteiger partial charge in [0.05, 0.1) is 12.2 Å². The minimum Gasteiger partial charge on any atom is -0.462 e. The van der Waals surface area contributed by atoms with Crippen LogP contribution in [-0.4, -0.2) is 73.8 Å². The highest BCUT2D eigenvalue weighted by Gasteiger charge is 2.29. The molecule has 2 aromatic carbocycles. The number of hydrogen-bond acceptors (Lipinski definition) is 7. The number of benzene rings is 2. The molecule has 8 heteroatoms.